The van der Waals surface area contributed by atoms with E-state index in [2.05, 4.69) is 32.5 Å². The summed E-state index contributed by atoms with van der Waals surface area (Å²) in [6.45, 7) is 9.20. The number of carbonyl (C=O) groups excluding carboxylic acids is 1. The van der Waals surface area contributed by atoms with Crippen LogP contribution in [0, 0.1) is 5.92 Å². The van der Waals surface area contributed by atoms with Gasteiger partial charge in [-0.1, -0.05) is 27.2 Å². The highest BCUT2D eigenvalue weighted by molar-refractivity contribution is 8.01. The van der Waals surface area contributed by atoms with Gasteiger partial charge < -0.3 is 4.74 Å². The zero-order chi connectivity index (χ0) is 12.9. The first-order valence-electron chi connectivity index (χ1n) is 6.76. The van der Waals surface area contributed by atoms with Crippen LogP contribution < -0.4 is 0 Å². The van der Waals surface area contributed by atoms with E-state index in [1.165, 1.54) is 19.3 Å². The maximum Gasteiger partial charge on any atom is 0.305 e. The molecule has 0 aliphatic heterocycles. The van der Waals surface area contributed by atoms with E-state index in [4.69, 9.17) is 4.74 Å². The summed E-state index contributed by atoms with van der Waals surface area (Å²) in [6, 6.07) is 0. The second kappa shape index (κ2) is 6.67. The largest absolute Gasteiger partial charge is 0.466 e. The first kappa shape index (κ1) is 14.9. The number of rotatable bonds is 5. The molecule has 3 heteroatoms. The smallest absolute Gasteiger partial charge is 0.305 e. The van der Waals surface area contributed by atoms with Crippen LogP contribution in [0.5, 0.6) is 0 Å². The van der Waals surface area contributed by atoms with Crippen LogP contribution in [0.3, 0.4) is 0 Å². The molecule has 100 valence electrons. The number of esters is 1. The fraction of sp³-hybridized carbons (Fsp3) is 0.929. The zero-order valence-corrected chi connectivity index (χ0v) is 12.4. The van der Waals surface area contributed by atoms with Crippen LogP contribution in [-0.2, 0) is 9.53 Å². The summed E-state index contributed by atoms with van der Waals surface area (Å²) in [4.78, 5) is 11.4. The highest BCUT2D eigenvalue weighted by atomic mass is 32.2. The lowest BCUT2D eigenvalue weighted by molar-refractivity contribution is -0.143. The van der Waals surface area contributed by atoms with Crippen molar-refractivity contribution in [3.05, 3.63) is 0 Å². The van der Waals surface area contributed by atoms with Crippen LogP contribution in [0.25, 0.3) is 0 Å². The number of hydrogen-bond acceptors (Lipinski definition) is 3. The van der Waals surface area contributed by atoms with Gasteiger partial charge in [0.1, 0.15) is 0 Å². The fourth-order valence-electron chi connectivity index (χ4n) is 2.48. The number of thioether (sulfide) groups is 1. The lowest BCUT2D eigenvalue weighted by Crippen LogP contribution is -2.20. The molecule has 1 aliphatic carbocycles. The predicted molar refractivity (Wildman–Crippen MR) is 74.3 cm³/mol. The van der Waals surface area contributed by atoms with Crippen LogP contribution in [0.15, 0.2) is 0 Å². The van der Waals surface area contributed by atoms with E-state index in [1.807, 2.05) is 6.92 Å². The summed E-state index contributed by atoms with van der Waals surface area (Å²) >= 11 is 2.09. The molecule has 0 aromatic carbocycles. The minimum Gasteiger partial charge on any atom is -0.466 e. The lowest BCUT2D eigenvalue weighted by Gasteiger charge is -2.27. The molecule has 0 aromatic rings. The molecule has 1 aliphatic rings. The Hall–Kier alpha value is -0.180. The SMILES string of the molecule is CCOC(=O)CCC1CCCC1SC(C)(C)C. The van der Waals surface area contributed by atoms with Gasteiger partial charge in [0.25, 0.3) is 0 Å². The molecule has 0 amide bonds. The van der Waals surface area contributed by atoms with Crippen LogP contribution in [-0.4, -0.2) is 22.6 Å². The van der Waals surface area contributed by atoms with Gasteiger partial charge in [-0.25, -0.2) is 0 Å². The molecular formula is C14H26O2S. The van der Waals surface area contributed by atoms with Gasteiger partial charge in [0.05, 0.1) is 6.61 Å². The van der Waals surface area contributed by atoms with Crippen molar-refractivity contribution in [3.63, 3.8) is 0 Å². The van der Waals surface area contributed by atoms with Gasteiger partial charge >= 0.3 is 5.97 Å². The van der Waals surface area contributed by atoms with E-state index in [9.17, 15) is 4.79 Å². The fourth-order valence-corrected chi connectivity index (χ4v) is 4.14. The Morgan fingerprint density at radius 2 is 2.06 bits per heavy atom. The lowest BCUT2D eigenvalue weighted by atomic mass is 10.0. The summed E-state index contributed by atoms with van der Waals surface area (Å²) in [5.74, 6) is 0.683. The van der Waals surface area contributed by atoms with Gasteiger partial charge in [-0.3, -0.25) is 4.79 Å². The van der Waals surface area contributed by atoms with Gasteiger partial charge in [0, 0.05) is 16.4 Å². The van der Waals surface area contributed by atoms with Gasteiger partial charge in [-0.05, 0) is 32.1 Å². The van der Waals surface area contributed by atoms with Crippen molar-refractivity contribution < 1.29 is 9.53 Å². The monoisotopic (exact) mass is 258 g/mol. The van der Waals surface area contributed by atoms with E-state index in [1.54, 1.807) is 0 Å². The molecule has 0 radical (unpaired) electrons. The molecule has 1 saturated carbocycles. The van der Waals surface area contributed by atoms with Crippen molar-refractivity contribution in [2.24, 2.45) is 5.92 Å². The molecule has 2 unspecified atom stereocenters. The van der Waals surface area contributed by atoms with Gasteiger partial charge in [-0.15, -0.1) is 0 Å². The van der Waals surface area contributed by atoms with Crippen LogP contribution in [0.4, 0.5) is 0 Å². The van der Waals surface area contributed by atoms with Crippen molar-refractivity contribution in [2.45, 2.75) is 69.8 Å². The van der Waals surface area contributed by atoms with E-state index in [0.717, 1.165) is 11.7 Å². The molecular weight excluding hydrogens is 232 g/mol. The molecule has 0 heterocycles. The van der Waals surface area contributed by atoms with Crippen molar-refractivity contribution in [1.29, 1.82) is 0 Å². The molecule has 1 fully saturated rings. The average molecular weight is 258 g/mol. The Morgan fingerprint density at radius 1 is 1.35 bits per heavy atom. The minimum atomic E-state index is -0.0288. The third-order valence-electron chi connectivity index (χ3n) is 3.12. The molecule has 2 nitrogen and oxygen atoms in total. The minimum absolute atomic E-state index is 0.0288. The molecule has 0 saturated heterocycles. The van der Waals surface area contributed by atoms with Gasteiger partial charge in [-0.2, -0.15) is 11.8 Å². The quantitative estimate of drug-likeness (QED) is 0.696. The second-order valence-electron chi connectivity index (χ2n) is 5.80. The standard InChI is InChI=1S/C14H26O2S/c1-5-16-13(15)10-9-11-7-6-8-12(11)17-14(2,3)4/h11-12H,5-10H2,1-4H3. The van der Waals surface area contributed by atoms with Crippen LogP contribution in [0.2, 0.25) is 0 Å². The van der Waals surface area contributed by atoms with Gasteiger partial charge in [0.2, 0.25) is 0 Å². The van der Waals surface area contributed by atoms with Crippen LogP contribution in [0.1, 0.15) is 59.8 Å². The van der Waals surface area contributed by atoms with E-state index in [0.29, 0.717) is 23.7 Å². The van der Waals surface area contributed by atoms with Crippen molar-refractivity contribution in [3.8, 4) is 0 Å². The maximum absolute atomic E-state index is 11.4. The molecule has 1 rings (SSSR count). The number of carbonyl (C=O) groups is 1. The highest BCUT2D eigenvalue weighted by Crippen LogP contribution is 2.42. The third kappa shape index (κ3) is 5.80. The predicted octanol–water partition coefficient (Wildman–Crippen LogP) is 4.03. The average Bonchev–Trinajstić information content (AvgIpc) is 2.60. The van der Waals surface area contributed by atoms with Crippen LogP contribution >= 0.6 is 11.8 Å². The second-order valence-corrected chi connectivity index (χ2v) is 7.87. The molecule has 0 spiro atoms. The van der Waals surface area contributed by atoms with Gasteiger partial charge in [0.15, 0.2) is 0 Å². The van der Waals surface area contributed by atoms with E-state index < -0.39 is 0 Å². The van der Waals surface area contributed by atoms with Crippen molar-refractivity contribution in [2.75, 3.05) is 6.61 Å². The Labute approximate surface area is 110 Å². The summed E-state index contributed by atoms with van der Waals surface area (Å²) in [5, 5.41) is 0.740. The molecule has 0 N–H and O–H groups in total. The molecule has 0 aromatic heterocycles. The zero-order valence-electron chi connectivity index (χ0n) is 11.6. The Morgan fingerprint density at radius 3 is 2.65 bits per heavy atom. The molecule has 0 bridgehead atoms. The Bertz CT molecular complexity index is 245. The third-order valence-corrected chi connectivity index (χ3v) is 4.75. The number of ether oxygens (including phenoxy) is 1. The first-order chi connectivity index (χ1) is 7.92. The highest BCUT2D eigenvalue weighted by Gasteiger charge is 2.31. The summed E-state index contributed by atoms with van der Waals surface area (Å²) in [6.07, 6.45) is 5.52. The summed E-state index contributed by atoms with van der Waals surface area (Å²) in [7, 11) is 0. The molecule has 2 atom stereocenters. The number of hydrogen-bond donors (Lipinski definition) is 0. The normalized spacial score (nSPS) is 24.9. The Kier molecular flexibility index (Phi) is 5.84. The Balaban J connectivity index is 2.34. The molecule has 17 heavy (non-hydrogen) atoms. The summed E-state index contributed by atoms with van der Waals surface area (Å²) < 4.78 is 5.32. The first-order valence-corrected chi connectivity index (χ1v) is 7.64. The van der Waals surface area contributed by atoms with E-state index >= 15 is 0 Å². The summed E-state index contributed by atoms with van der Waals surface area (Å²) in [5.41, 5.74) is 0. The van der Waals surface area contributed by atoms with Crippen molar-refractivity contribution >= 4 is 17.7 Å². The topological polar surface area (TPSA) is 26.3 Å². The maximum atomic E-state index is 11.4. The van der Waals surface area contributed by atoms with Crippen molar-refractivity contribution in [1.82, 2.24) is 0 Å². The van der Waals surface area contributed by atoms with E-state index in [-0.39, 0.29) is 5.97 Å².